The van der Waals surface area contributed by atoms with Gasteiger partial charge < -0.3 is 40.2 Å². The molecule has 12 nitrogen and oxygen atoms in total. The molecule has 0 amide bonds. The van der Waals surface area contributed by atoms with Crippen molar-refractivity contribution in [2.45, 2.75) is 258 Å². The molecule has 0 spiro atoms. The van der Waals surface area contributed by atoms with Gasteiger partial charge in [0.15, 0.2) is 0 Å². The van der Waals surface area contributed by atoms with Crippen molar-refractivity contribution in [1.29, 1.82) is 0 Å². The zero-order valence-corrected chi connectivity index (χ0v) is 42.6. The van der Waals surface area contributed by atoms with Crippen LogP contribution in [0.25, 0.3) is 0 Å². The van der Waals surface area contributed by atoms with E-state index in [1.165, 1.54) is 0 Å². The van der Waals surface area contributed by atoms with Crippen LogP contribution in [0.15, 0.2) is 0 Å². The number of carbonyl (C=O) groups excluding carboxylic acids is 4. The van der Waals surface area contributed by atoms with Crippen molar-refractivity contribution in [3.8, 4) is 0 Å². The summed E-state index contributed by atoms with van der Waals surface area (Å²) in [6.07, 6.45) is 2.30. The van der Waals surface area contributed by atoms with E-state index < -0.39 is 0 Å². The first-order chi connectivity index (χ1) is 26.8. The van der Waals surface area contributed by atoms with Crippen molar-refractivity contribution < 1.29 is 38.1 Å². The summed E-state index contributed by atoms with van der Waals surface area (Å²) in [6, 6.07) is 0.474. The van der Waals surface area contributed by atoms with Gasteiger partial charge in [0.05, 0.1) is 24.4 Å². The quantitative estimate of drug-likeness (QED) is 0.0574. The summed E-state index contributed by atoms with van der Waals surface area (Å²) in [7, 11) is 0. The SMILES string of the molecule is CC(C)CC(NC(C)C)C(=O)OC(C)C.CC(C)C[C@@H](NC(C)C)C(=O)OC(C)C.CC(C)C[C@H](NC(C)C)C(=O)OC(C)C.CC(C)N[C@H](C(=O)OC(C)C)C(C)C. The standard InChI is InChI=1S/3C12H25NO2.C11H23NO2/c3*1-8(2)7-11(13-9(3)4)12(14)15-10(5)6;1-7(2)10(12-8(3)4)11(13)14-9(5)6/h3*8-11,13H,7H2,1-6H3;7-10,12H,1-6H3/t2*11-;;10-/m10.0/s1. The Kier molecular flexibility index (Phi) is 37.9. The van der Waals surface area contributed by atoms with Gasteiger partial charge in [0.25, 0.3) is 0 Å². The van der Waals surface area contributed by atoms with Crippen molar-refractivity contribution in [3.05, 3.63) is 0 Å². The van der Waals surface area contributed by atoms with Gasteiger partial charge in [-0.25, -0.2) is 0 Å². The average molecular weight is 847 g/mol. The van der Waals surface area contributed by atoms with Crippen molar-refractivity contribution in [2.24, 2.45) is 23.7 Å². The molecular formula is C47H98N4O8. The van der Waals surface area contributed by atoms with E-state index in [0.29, 0.717) is 41.9 Å². The molecule has 0 aliphatic rings. The van der Waals surface area contributed by atoms with E-state index in [1.807, 2.05) is 125 Å². The maximum atomic E-state index is 11.7. The van der Waals surface area contributed by atoms with Crippen LogP contribution in [-0.2, 0) is 38.1 Å². The molecule has 0 saturated heterocycles. The van der Waals surface area contributed by atoms with Gasteiger partial charge >= 0.3 is 23.9 Å². The molecule has 12 heteroatoms. The van der Waals surface area contributed by atoms with E-state index in [2.05, 4.69) is 62.8 Å². The van der Waals surface area contributed by atoms with Gasteiger partial charge in [-0.05, 0) is 98.3 Å². The fourth-order valence-corrected chi connectivity index (χ4v) is 5.46. The Bertz CT molecular complexity index is 942. The molecule has 0 heterocycles. The van der Waals surface area contributed by atoms with Crippen LogP contribution in [0.2, 0.25) is 0 Å². The lowest BCUT2D eigenvalue weighted by Crippen LogP contribution is -2.46. The van der Waals surface area contributed by atoms with E-state index in [0.717, 1.165) is 19.3 Å². The van der Waals surface area contributed by atoms with Crippen LogP contribution >= 0.6 is 0 Å². The Morgan fingerprint density at radius 1 is 0.322 bits per heavy atom. The molecule has 1 unspecified atom stereocenters. The molecule has 0 aromatic rings. The Balaban J connectivity index is -0.000000342. The number of hydrogen-bond acceptors (Lipinski definition) is 12. The molecule has 59 heavy (non-hydrogen) atoms. The number of nitrogens with one attached hydrogen (secondary N) is 4. The van der Waals surface area contributed by atoms with E-state index in [-0.39, 0.29) is 78.4 Å². The third kappa shape index (κ3) is 42.2. The summed E-state index contributed by atoms with van der Waals surface area (Å²) >= 11 is 0. The van der Waals surface area contributed by atoms with Crippen LogP contribution in [0, 0.1) is 23.7 Å². The Morgan fingerprint density at radius 3 is 0.678 bits per heavy atom. The maximum Gasteiger partial charge on any atom is 0.323 e. The normalized spacial score (nSPS) is 13.7. The predicted octanol–water partition coefficient (Wildman–Crippen LogP) is 9.01. The van der Waals surface area contributed by atoms with Gasteiger partial charge in [0, 0.05) is 24.2 Å². The van der Waals surface area contributed by atoms with Gasteiger partial charge in [-0.15, -0.1) is 0 Å². The number of rotatable bonds is 23. The molecule has 0 bridgehead atoms. The van der Waals surface area contributed by atoms with Gasteiger partial charge in [0.2, 0.25) is 0 Å². The first-order valence-electron chi connectivity index (χ1n) is 22.7. The predicted molar refractivity (Wildman–Crippen MR) is 246 cm³/mol. The van der Waals surface area contributed by atoms with Crippen LogP contribution < -0.4 is 21.3 Å². The Hall–Kier alpha value is -2.28. The van der Waals surface area contributed by atoms with E-state index >= 15 is 0 Å². The molecule has 0 radical (unpaired) electrons. The fourth-order valence-electron chi connectivity index (χ4n) is 5.46. The highest BCUT2D eigenvalue weighted by atomic mass is 16.6. The zero-order chi connectivity index (χ0) is 47.3. The third-order valence-corrected chi connectivity index (χ3v) is 7.42. The van der Waals surface area contributed by atoms with E-state index in [9.17, 15) is 19.2 Å². The highest BCUT2D eigenvalue weighted by Crippen LogP contribution is 2.11. The largest absolute Gasteiger partial charge is 0.462 e. The summed E-state index contributed by atoms with van der Waals surface area (Å²) in [5.74, 6) is 1.17. The minimum absolute atomic E-state index is 0.0406. The molecule has 0 aliphatic carbocycles. The molecule has 4 N–H and O–H groups in total. The summed E-state index contributed by atoms with van der Waals surface area (Å²) in [4.78, 5) is 46.9. The third-order valence-electron chi connectivity index (χ3n) is 7.42. The molecule has 0 saturated carbocycles. The smallest absolute Gasteiger partial charge is 0.323 e. The summed E-state index contributed by atoms with van der Waals surface area (Å²) in [6.45, 7) is 47.9. The fraction of sp³-hybridized carbons (Fsp3) is 0.915. The van der Waals surface area contributed by atoms with Crippen LogP contribution in [0.5, 0.6) is 0 Å². The number of hydrogen-bond donors (Lipinski definition) is 4. The molecular weight excluding hydrogens is 749 g/mol. The van der Waals surface area contributed by atoms with Crippen LogP contribution in [0.4, 0.5) is 0 Å². The lowest BCUT2D eigenvalue weighted by molar-refractivity contribution is -0.152. The van der Waals surface area contributed by atoms with Crippen molar-refractivity contribution >= 4 is 23.9 Å². The van der Waals surface area contributed by atoms with Crippen molar-refractivity contribution in [3.63, 3.8) is 0 Å². The highest BCUT2D eigenvalue weighted by Gasteiger charge is 2.26. The average Bonchev–Trinajstić information content (AvgIpc) is 3.00. The summed E-state index contributed by atoms with van der Waals surface area (Å²) in [5, 5.41) is 12.9. The summed E-state index contributed by atoms with van der Waals surface area (Å²) in [5.41, 5.74) is 0. The number of ether oxygens (including phenoxy) is 4. The first-order valence-corrected chi connectivity index (χ1v) is 22.7. The molecule has 354 valence electrons. The lowest BCUT2D eigenvalue weighted by Gasteiger charge is -2.24. The van der Waals surface area contributed by atoms with Gasteiger partial charge in [0.1, 0.15) is 24.2 Å². The first kappa shape index (κ1) is 63.4. The lowest BCUT2D eigenvalue weighted by atomic mass is 10.0. The molecule has 0 aromatic carbocycles. The second kappa shape index (κ2) is 35.3. The zero-order valence-electron chi connectivity index (χ0n) is 42.6. The Labute approximate surface area is 364 Å². The Morgan fingerprint density at radius 2 is 0.525 bits per heavy atom. The van der Waals surface area contributed by atoms with Crippen molar-refractivity contribution in [2.75, 3.05) is 0 Å². The maximum absolute atomic E-state index is 11.7. The number of carbonyl (C=O) groups is 4. The van der Waals surface area contributed by atoms with Crippen LogP contribution in [-0.4, -0.2) is 96.6 Å². The van der Waals surface area contributed by atoms with E-state index in [4.69, 9.17) is 18.9 Å². The minimum Gasteiger partial charge on any atom is -0.462 e. The molecule has 0 aliphatic heterocycles. The van der Waals surface area contributed by atoms with Crippen LogP contribution in [0.1, 0.15) is 185 Å². The molecule has 0 aromatic heterocycles. The second-order valence-corrected chi connectivity index (χ2v) is 19.5. The minimum atomic E-state index is -0.197. The second-order valence-electron chi connectivity index (χ2n) is 19.5. The highest BCUT2D eigenvalue weighted by molar-refractivity contribution is 5.77. The van der Waals surface area contributed by atoms with Crippen LogP contribution in [0.3, 0.4) is 0 Å². The van der Waals surface area contributed by atoms with Crippen molar-refractivity contribution in [1.82, 2.24) is 21.3 Å². The summed E-state index contributed by atoms with van der Waals surface area (Å²) < 4.78 is 20.8. The van der Waals surface area contributed by atoms with Gasteiger partial charge in [-0.3, -0.25) is 19.2 Å². The van der Waals surface area contributed by atoms with E-state index in [1.54, 1.807) is 0 Å². The molecule has 0 fully saturated rings. The van der Waals surface area contributed by atoms with Gasteiger partial charge in [-0.1, -0.05) is 111 Å². The molecule has 0 rings (SSSR count). The topological polar surface area (TPSA) is 153 Å². The molecule has 4 atom stereocenters. The van der Waals surface area contributed by atoms with Gasteiger partial charge in [-0.2, -0.15) is 0 Å². The monoisotopic (exact) mass is 847 g/mol. The number of esters is 4.